The van der Waals surface area contributed by atoms with Crippen molar-refractivity contribution in [2.75, 3.05) is 23.3 Å². The second-order valence-corrected chi connectivity index (χ2v) is 6.26. The zero-order chi connectivity index (χ0) is 14.7. The van der Waals surface area contributed by atoms with Gasteiger partial charge in [0.05, 0.1) is 11.8 Å². The van der Waals surface area contributed by atoms with Crippen LogP contribution in [0.25, 0.3) is 0 Å². The Balaban J connectivity index is 1.65. The number of rotatable bonds is 1. The Labute approximate surface area is 121 Å². The number of anilines is 2. The van der Waals surface area contributed by atoms with E-state index in [1.54, 1.807) is 6.07 Å². The summed E-state index contributed by atoms with van der Waals surface area (Å²) in [5.41, 5.74) is 1.20. The molecule has 0 aromatic heterocycles. The van der Waals surface area contributed by atoms with Crippen molar-refractivity contribution in [3.8, 4) is 0 Å². The Morgan fingerprint density at radius 3 is 2.81 bits per heavy atom. The Hall–Kier alpha value is -1.66. The third-order valence-electron chi connectivity index (χ3n) is 5.08. The van der Waals surface area contributed by atoms with Crippen LogP contribution >= 0.6 is 0 Å². The summed E-state index contributed by atoms with van der Waals surface area (Å²) < 4.78 is 14.3. The highest BCUT2D eigenvalue weighted by Crippen LogP contribution is 2.42. The number of hydrogen-bond acceptors (Lipinski definition) is 4. The van der Waals surface area contributed by atoms with Gasteiger partial charge in [0, 0.05) is 30.3 Å². The number of benzene rings is 1. The lowest BCUT2D eigenvalue weighted by atomic mass is 10.00. The summed E-state index contributed by atoms with van der Waals surface area (Å²) in [4.78, 5) is 13.4. The van der Waals surface area contributed by atoms with Crippen LogP contribution in [0.1, 0.15) is 24.5 Å². The van der Waals surface area contributed by atoms with Gasteiger partial charge in [-0.25, -0.2) is 4.39 Å². The molecule has 1 saturated carbocycles. The van der Waals surface area contributed by atoms with E-state index in [9.17, 15) is 19.4 Å². The predicted molar refractivity (Wildman–Crippen MR) is 74.4 cm³/mol. The lowest BCUT2D eigenvalue weighted by Crippen LogP contribution is -2.25. The summed E-state index contributed by atoms with van der Waals surface area (Å²) in [5, 5.41) is 22.2. The van der Waals surface area contributed by atoms with Crippen LogP contribution in [0.15, 0.2) is 12.1 Å². The summed E-state index contributed by atoms with van der Waals surface area (Å²) in [5.74, 6) is -0.334. The topological polar surface area (TPSA) is 72.8 Å². The van der Waals surface area contributed by atoms with E-state index in [0.717, 1.165) is 19.4 Å². The molecule has 4 rings (SSSR count). The highest BCUT2D eigenvalue weighted by molar-refractivity contribution is 6.02. The number of aliphatic hydroxyl groups excluding tert-OH is 2. The van der Waals surface area contributed by atoms with Gasteiger partial charge in [0.25, 0.3) is 5.91 Å². The SMILES string of the molecule is O=C1Nc2cc(N3CC4CCC(O)C4C3)c(F)cc2C1O. The average Bonchev–Trinajstić information content (AvgIpc) is 3.08. The molecule has 2 aliphatic heterocycles. The molecule has 1 aliphatic carbocycles. The van der Waals surface area contributed by atoms with Gasteiger partial charge in [-0.3, -0.25) is 4.79 Å². The van der Waals surface area contributed by atoms with Gasteiger partial charge in [0.1, 0.15) is 5.82 Å². The van der Waals surface area contributed by atoms with Gasteiger partial charge in [-0.2, -0.15) is 0 Å². The molecule has 3 aliphatic rings. The molecular formula is C15H17FN2O3. The Bertz CT molecular complexity index is 621. The van der Waals surface area contributed by atoms with E-state index < -0.39 is 17.8 Å². The second kappa shape index (κ2) is 4.42. The smallest absolute Gasteiger partial charge is 0.257 e. The first-order chi connectivity index (χ1) is 10.0. The monoisotopic (exact) mass is 292 g/mol. The van der Waals surface area contributed by atoms with Gasteiger partial charge in [0.15, 0.2) is 6.10 Å². The molecule has 6 heteroatoms. The molecule has 4 atom stereocenters. The number of aliphatic hydroxyl groups is 2. The van der Waals surface area contributed by atoms with Crippen LogP contribution in [0.2, 0.25) is 0 Å². The van der Waals surface area contributed by atoms with Crippen molar-refractivity contribution >= 4 is 17.3 Å². The maximum absolute atomic E-state index is 14.3. The van der Waals surface area contributed by atoms with Crippen molar-refractivity contribution in [2.24, 2.45) is 11.8 Å². The summed E-state index contributed by atoms with van der Waals surface area (Å²) in [6, 6.07) is 2.82. The van der Waals surface area contributed by atoms with E-state index in [4.69, 9.17) is 0 Å². The van der Waals surface area contributed by atoms with Crippen LogP contribution < -0.4 is 10.2 Å². The quantitative estimate of drug-likeness (QED) is 0.722. The normalized spacial score (nSPS) is 34.0. The summed E-state index contributed by atoms with van der Waals surface area (Å²) in [6.07, 6.45) is 0.227. The number of carbonyl (C=O) groups excluding carboxylic acids is 1. The fourth-order valence-corrected chi connectivity index (χ4v) is 3.93. The number of nitrogens with zero attached hydrogens (tertiary/aromatic N) is 1. The Morgan fingerprint density at radius 2 is 2.05 bits per heavy atom. The Kier molecular flexibility index (Phi) is 2.74. The average molecular weight is 292 g/mol. The number of carbonyl (C=O) groups is 1. The first-order valence-electron chi connectivity index (χ1n) is 7.30. The highest BCUT2D eigenvalue weighted by Gasteiger charge is 2.42. The Morgan fingerprint density at radius 1 is 1.24 bits per heavy atom. The lowest BCUT2D eigenvalue weighted by Gasteiger charge is -2.22. The first kappa shape index (κ1) is 13.0. The van der Waals surface area contributed by atoms with Crippen molar-refractivity contribution in [1.29, 1.82) is 0 Å². The molecule has 2 heterocycles. The van der Waals surface area contributed by atoms with Crippen LogP contribution in [0, 0.1) is 17.7 Å². The molecule has 1 aromatic carbocycles. The van der Waals surface area contributed by atoms with Crippen molar-refractivity contribution < 1.29 is 19.4 Å². The van der Waals surface area contributed by atoms with Crippen LogP contribution in [0.3, 0.4) is 0 Å². The zero-order valence-corrected chi connectivity index (χ0v) is 11.4. The molecule has 5 nitrogen and oxygen atoms in total. The second-order valence-electron chi connectivity index (χ2n) is 6.26. The van der Waals surface area contributed by atoms with E-state index >= 15 is 0 Å². The maximum Gasteiger partial charge on any atom is 0.257 e. The minimum Gasteiger partial charge on any atom is -0.393 e. The van der Waals surface area contributed by atoms with Gasteiger partial charge in [-0.1, -0.05) is 0 Å². The lowest BCUT2D eigenvalue weighted by molar-refractivity contribution is -0.123. The molecule has 4 unspecified atom stereocenters. The molecule has 0 radical (unpaired) electrons. The van der Waals surface area contributed by atoms with Crippen LogP contribution in [-0.2, 0) is 4.79 Å². The van der Waals surface area contributed by atoms with E-state index in [0.29, 0.717) is 29.4 Å². The molecule has 1 amide bonds. The van der Waals surface area contributed by atoms with Crippen LogP contribution in [0.4, 0.5) is 15.8 Å². The molecule has 112 valence electrons. The van der Waals surface area contributed by atoms with Gasteiger partial charge >= 0.3 is 0 Å². The van der Waals surface area contributed by atoms with E-state index in [1.807, 2.05) is 4.90 Å². The fourth-order valence-electron chi connectivity index (χ4n) is 3.93. The maximum atomic E-state index is 14.3. The molecule has 1 aromatic rings. The van der Waals surface area contributed by atoms with E-state index in [-0.39, 0.29) is 12.0 Å². The summed E-state index contributed by atoms with van der Waals surface area (Å²) in [6.45, 7) is 1.37. The van der Waals surface area contributed by atoms with Crippen molar-refractivity contribution in [3.63, 3.8) is 0 Å². The predicted octanol–water partition coefficient (Wildman–Crippen LogP) is 1.02. The number of nitrogens with one attached hydrogen (secondary N) is 1. The minimum atomic E-state index is -1.29. The third kappa shape index (κ3) is 1.86. The van der Waals surface area contributed by atoms with Crippen molar-refractivity contribution in [3.05, 3.63) is 23.5 Å². The van der Waals surface area contributed by atoms with Gasteiger partial charge in [-0.15, -0.1) is 0 Å². The minimum absolute atomic E-state index is 0.206. The molecule has 21 heavy (non-hydrogen) atoms. The molecular weight excluding hydrogens is 275 g/mol. The molecule has 2 fully saturated rings. The standard InChI is InChI=1S/C15H17FN2O3/c16-10-3-8-11(17-15(21)14(8)20)4-12(10)18-5-7-1-2-13(19)9(7)6-18/h3-4,7,9,13-14,19-20H,1-2,5-6H2,(H,17,21). The zero-order valence-electron chi connectivity index (χ0n) is 11.4. The fraction of sp³-hybridized carbons (Fsp3) is 0.533. The molecule has 1 saturated heterocycles. The summed E-state index contributed by atoms with van der Waals surface area (Å²) in [7, 11) is 0. The number of fused-ring (bicyclic) bond motifs is 2. The van der Waals surface area contributed by atoms with Crippen LogP contribution in [-0.4, -0.2) is 35.3 Å². The number of halogens is 1. The third-order valence-corrected chi connectivity index (χ3v) is 5.08. The largest absolute Gasteiger partial charge is 0.393 e. The summed E-state index contributed by atoms with van der Waals surface area (Å²) >= 11 is 0. The molecule has 0 bridgehead atoms. The van der Waals surface area contributed by atoms with Crippen molar-refractivity contribution in [1.82, 2.24) is 0 Å². The van der Waals surface area contributed by atoms with Crippen molar-refractivity contribution in [2.45, 2.75) is 25.0 Å². The van der Waals surface area contributed by atoms with Gasteiger partial charge in [0.2, 0.25) is 0 Å². The number of hydrogen-bond donors (Lipinski definition) is 3. The molecule has 0 spiro atoms. The number of amides is 1. The van der Waals surface area contributed by atoms with Gasteiger partial charge in [-0.05, 0) is 30.9 Å². The first-order valence-corrected chi connectivity index (χ1v) is 7.30. The van der Waals surface area contributed by atoms with E-state index in [2.05, 4.69) is 5.32 Å². The highest BCUT2D eigenvalue weighted by atomic mass is 19.1. The molecule has 3 N–H and O–H groups in total. The van der Waals surface area contributed by atoms with Crippen LogP contribution in [0.5, 0.6) is 0 Å². The van der Waals surface area contributed by atoms with Gasteiger partial charge < -0.3 is 20.4 Å². The van der Waals surface area contributed by atoms with E-state index in [1.165, 1.54) is 6.07 Å².